The molecule has 0 aliphatic carbocycles. The van der Waals surface area contributed by atoms with Crippen LogP contribution in [-0.2, 0) is 14.6 Å². The lowest BCUT2D eigenvalue weighted by molar-refractivity contribution is -0.131. The van der Waals surface area contributed by atoms with Crippen molar-refractivity contribution in [1.29, 1.82) is 10.5 Å². The second-order valence-electron chi connectivity index (χ2n) is 6.33. The second kappa shape index (κ2) is 10.0. The van der Waals surface area contributed by atoms with Gasteiger partial charge in [-0.25, -0.2) is 13.2 Å². The molecule has 25 heavy (non-hydrogen) atoms. The lowest BCUT2D eigenvalue weighted by Crippen LogP contribution is -2.27. The van der Waals surface area contributed by atoms with E-state index >= 15 is 0 Å². The van der Waals surface area contributed by atoms with E-state index in [1.807, 2.05) is 0 Å². The summed E-state index contributed by atoms with van der Waals surface area (Å²) in [5.41, 5.74) is -0.265. The zero-order valence-electron chi connectivity index (χ0n) is 14.5. The Bertz CT molecular complexity index is 720. The minimum absolute atomic E-state index is 0.0506. The fourth-order valence-electron chi connectivity index (χ4n) is 3.11. The Morgan fingerprint density at radius 2 is 1.80 bits per heavy atom. The molecule has 0 aromatic carbocycles. The molecule has 0 aromatic heterocycles. The Morgan fingerprint density at radius 3 is 2.36 bits per heavy atom. The molecule has 6 nitrogen and oxygen atoms in total. The molecule has 0 spiro atoms. The Balaban J connectivity index is 2.94. The van der Waals surface area contributed by atoms with Crippen molar-refractivity contribution in [2.75, 3.05) is 5.75 Å². The van der Waals surface area contributed by atoms with Crippen LogP contribution in [0.5, 0.6) is 0 Å². The molecule has 1 aliphatic rings. The molecular weight excluding hydrogens is 340 g/mol. The molecule has 1 heterocycles. The summed E-state index contributed by atoms with van der Waals surface area (Å²) in [7, 11) is -3.81. The first kappa shape index (κ1) is 20.9. The molecular formula is C18H24N2O4S. The van der Waals surface area contributed by atoms with Gasteiger partial charge in [0.15, 0.2) is 9.84 Å². The van der Waals surface area contributed by atoms with Crippen LogP contribution in [0, 0.1) is 28.6 Å². The third-order valence-corrected chi connectivity index (χ3v) is 6.27. The Morgan fingerprint density at radius 1 is 1.20 bits per heavy atom. The van der Waals surface area contributed by atoms with Gasteiger partial charge in [-0.1, -0.05) is 45.4 Å². The van der Waals surface area contributed by atoms with Gasteiger partial charge in [-0.2, -0.15) is 10.5 Å². The number of nitriles is 2. The van der Waals surface area contributed by atoms with Crippen molar-refractivity contribution in [3.8, 4) is 12.1 Å². The number of rotatable bonds is 8. The molecule has 7 heteroatoms. The summed E-state index contributed by atoms with van der Waals surface area (Å²) in [5.74, 6) is -1.72. The molecule has 0 amide bonds. The van der Waals surface area contributed by atoms with Gasteiger partial charge in [0, 0.05) is 6.08 Å². The van der Waals surface area contributed by atoms with Gasteiger partial charge in [-0.05, 0) is 24.3 Å². The van der Waals surface area contributed by atoms with Crippen LogP contribution in [0.25, 0.3) is 0 Å². The summed E-state index contributed by atoms with van der Waals surface area (Å²) in [6.45, 7) is 2.14. The molecule has 136 valence electrons. The molecule has 0 saturated carbocycles. The van der Waals surface area contributed by atoms with Crippen molar-refractivity contribution in [1.82, 2.24) is 0 Å². The van der Waals surface area contributed by atoms with Gasteiger partial charge in [0.05, 0.1) is 10.7 Å². The summed E-state index contributed by atoms with van der Waals surface area (Å²) in [6.07, 6.45) is 8.11. The topological polar surface area (TPSA) is 119 Å². The van der Waals surface area contributed by atoms with Gasteiger partial charge in [0.2, 0.25) is 0 Å². The second-order valence-corrected chi connectivity index (χ2v) is 8.33. The van der Waals surface area contributed by atoms with E-state index in [9.17, 15) is 13.2 Å². The van der Waals surface area contributed by atoms with Crippen LogP contribution in [0.3, 0.4) is 0 Å². The lowest BCUT2D eigenvalue weighted by Gasteiger charge is -2.26. The van der Waals surface area contributed by atoms with Crippen molar-refractivity contribution in [2.45, 2.75) is 58.3 Å². The maximum atomic E-state index is 12.5. The Labute approximate surface area is 149 Å². The average molecular weight is 364 g/mol. The number of unbranched alkanes of at least 4 members (excludes halogenated alkanes) is 5. The van der Waals surface area contributed by atoms with E-state index in [0.29, 0.717) is 12.5 Å². The summed E-state index contributed by atoms with van der Waals surface area (Å²) in [4.78, 5) is 10.6. The van der Waals surface area contributed by atoms with E-state index in [1.165, 1.54) is 19.3 Å². The van der Waals surface area contributed by atoms with Gasteiger partial charge in [-0.15, -0.1) is 0 Å². The monoisotopic (exact) mass is 364 g/mol. The first-order valence-electron chi connectivity index (χ1n) is 8.56. The number of nitrogens with zero attached hydrogens (tertiary/aromatic N) is 2. The van der Waals surface area contributed by atoms with E-state index in [-0.39, 0.29) is 29.2 Å². The number of hydrogen-bond donors (Lipinski definition) is 1. The van der Waals surface area contributed by atoms with Gasteiger partial charge >= 0.3 is 5.97 Å². The van der Waals surface area contributed by atoms with Crippen molar-refractivity contribution >= 4 is 15.8 Å². The van der Waals surface area contributed by atoms with Crippen LogP contribution in [0.2, 0.25) is 0 Å². The highest BCUT2D eigenvalue weighted by Gasteiger charge is 2.35. The van der Waals surface area contributed by atoms with Crippen molar-refractivity contribution in [3.05, 3.63) is 22.1 Å². The van der Waals surface area contributed by atoms with E-state index in [1.54, 1.807) is 12.1 Å². The summed E-state index contributed by atoms with van der Waals surface area (Å²) in [6, 6.07) is 3.39. The zero-order valence-corrected chi connectivity index (χ0v) is 15.3. The molecule has 1 N–H and O–H groups in total. The Kier molecular flexibility index (Phi) is 8.37. The summed E-state index contributed by atoms with van der Waals surface area (Å²) in [5, 5.41) is 27.1. The first-order chi connectivity index (χ1) is 11.9. The predicted molar refractivity (Wildman–Crippen MR) is 93.9 cm³/mol. The molecule has 1 rings (SSSR count). The largest absolute Gasteiger partial charge is 0.478 e. The Hall–Kier alpha value is -2.12. The van der Waals surface area contributed by atoms with Crippen LogP contribution in [0.15, 0.2) is 22.1 Å². The number of allylic oxidation sites excluding steroid dienone is 2. The van der Waals surface area contributed by atoms with Gasteiger partial charge < -0.3 is 5.11 Å². The number of carboxylic acid groups (broad SMARTS) is 1. The van der Waals surface area contributed by atoms with Crippen molar-refractivity contribution in [2.24, 2.45) is 5.92 Å². The third kappa shape index (κ3) is 6.36. The predicted octanol–water partition coefficient (Wildman–Crippen LogP) is 3.48. The maximum Gasteiger partial charge on any atom is 0.329 e. The number of sulfone groups is 1. The first-order valence-corrected chi connectivity index (χ1v) is 10.2. The lowest BCUT2D eigenvalue weighted by atomic mass is 9.91. The summed E-state index contributed by atoms with van der Waals surface area (Å²) < 4.78 is 24.9. The molecule has 0 radical (unpaired) electrons. The highest BCUT2D eigenvalue weighted by atomic mass is 32.2. The standard InChI is InChI=1S/C18H24N2O4S/c1-2-3-4-5-6-7-8-14-9-16(15(11-19)12-20)17(10-18(21)22)25(23,24)13-14/h10,14H,2-9,13H2,1H3,(H,21,22)/b17-10-. The highest BCUT2D eigenvalue weighted by Crippen LogP contribution is 2.36. The minimum atomic E-state index is -3.81. The van der Waals surface area contributed by atoms with E-state index < -0.39 is 20.7 Å². The van der Waals surface area contributed by atoms with E-state index in [2.05, 4.69) is 6.92 Å². The quantitative estimate of drug-likeness (QED) is 0.400. The average Bonchev–Trinajstić information content (AvgIpc) is 2.54. The maximum absolute atomic E-state index is 12.5. The number of hydrogen-bond acceptors (Lipinski definition) is 5. The fourth-order valence-corrected chi connectivity index (χ4v) is 5.03. The van der Waals surface area contributed by atoms with Crippen molar-refractivity contribution < 1.29 is 18.3 Å². The molecule has 0 aromatic rings. The third-order valence-electron chi connectivity index (χ3n) is 4.33. The minimum Gasteiger partial charge on any atom is -0.478 e. The highest BCUT2D eigenvalue weighted by molar-refractivity contribution is 7.95. The van der Waals surface area contributed by atoms with Crippen molar-refractivity contribution in [3.63, 3.8) is 0 Å². The van der Waals surface area contributed by atoms with Gasteiger partial charge in [0.1, 0.15) is 17.7 Å². The van der Waals surface area contributed by atoms with Crippen LogP contribution in [0.1, 0.15) is 58.3 Å². The normalized spacial score (nSPS) is 20.7. The smallest absolute Gasteiger partial charge is 0.329 e. The zero-order chi connectivity index (χ0) is 18.9. The van der Waals surface area contributed by atoms with Gasteiger partial charge in [0.25, 0.3) is 0 Å². The van der Waals surface area contributed by atoms with Gasteiger partial charge in [-0.3, -0.25) is 0 Å². The SMILES string of the molecule is CCCCCCCCC1CC(=C(C#N)C#N)/C(=C/C(=O)O)S(=O)(=O)C1. The molecule has 1 saturated heterocycles. The van der Waals surface area contributed by atoms with Crippen LogP contribution in [-0.4, -0.2) is 25.2 Å². The van der Waals surface area contributed by atoms with E-state index in [4.69, 9.17) is 15.6 Å². The molecule has 1 atom stereocenters. The fraction of sp³-hybridized carbons (Fsp3) is 0.611. The number of carbonyl (C=O) groups is 1. The molecule has 1 fully saturated rings. The van der Waals surface area contributed by atoms with Crippen LogP contribution < -0.4 is 0 Å². The van der Waals surface area contributed by atoms with E-state index in [0.717, 1.165) is 19.3 Å². The van der Waals surface area contributed by atoms with Crippen LogP contribution in [0.4, 0.5) is 0 Å². The molecule has 0 bridgehead atoms. The summed E-state index contributed by atoms with van der Waals surface area (Å²) >= 11 is 0. The molecule has 1 aliphatic heterocycles. The van der Waals surface area contributed by atoms with Crippen LogP contribution >= 0.6 is 0 Å². The molecule has 1 unspecified atom stereocenters. The number of carboxylic acids is 1. The number of aliphatic carboxylic acids is 1.